The molecule has 0 saturated carbocycles. The average molecular weight is 1740 g/mol. The third-order valence-corrected chi connectivity index (χ3v) is 20.8. The summed E-state index contributed by atoms with van der Waals surface area (Å²) in [7, 11) is 17.9. The number of methoxy groups -OCH3 is 4. The number of aromatic nitrogens is 6. The average Bonchev–Trinajstić information content (AvgIpc) is 1.66. The Kier molecular flexibility index (Phi) is 27.2. The van der Waals surface area contributed by atoms with E-state index in [2.05, 4.69) is 84.7 Å². The number of likely N-dealkylation sites (N-methyl/N-ethyl adjacent to an activating group) is 1. The molecule has 5 amide bonds. The molecule has 0 spiro atoms. The molecule has 0 bridgehead atoms. The molecule has 0 radical (unpaired) electrons. The number of piperidine rings is 2. The van der Waals surface area contributed by atoms with E-state index in [0.717, 1.165) is 50.2 Å². The molecule has 3 aromatic heterocycles. The van der Waals surface area contributed by atoms with E-state index in [4.69, 9.17) is 33.2 Å². The molecule has 2 saturated heterocycles. The van der Waals surface area contributed by atoms with E-state index in [1.54, 1.807) is 81.5 Å². The van der Waals surface area contributed by atoms with Gasteiger partial charge in [0.15, 0.2) is 0 Å². The summed E-state index contributed by atoms with van der Waals surface area (Å²) in [6.45, 7) is 9.46. The number of allylic oxidation sites excluding steroid dienone is 1. The van der Waals surface area contributed by atoms with Gasteiger partial charge < -0.3 is 89.1 Å². The van der Waals surface area contributed by atoms with Gasteiger partial charge in [0.05, 0.1) is 84.1 Å². The van der Waals surface area contributed by atoms with Gasteiger partial charge in [0, 0.05) is 111 Å². The van der Waals surface area contributed by atoms with E-state index >= 15 is 8.78 Å². The van der Waals surface area contributed by atoms with Gasteiger partial charge in [-0.05, 0) is 137 Å². The fourth-order valence-corrected chi connectivity index (χ4v) is 13.9. The first kappa shape index (κ1) is 90.5. The van der Waals surface area contributed by atoms with Crippen LogP contribution in [0, 0.1) is 30.4 Å². The van der Waals surface area contributed by atoms with E-state index in [9.17, 15) is 63.5 Å². The lowest BCUT2D eigenvalue weighted by atomic mass is 10.0. The lowest BCUT2D eigenvalue weighted by Crippen LogP contribution is -2.53. The highest BCUT2D eigenvalue weighted by molar-refractivity contribution is 6.03. The van der Waals surface area contributed by atoms with Crippen LogP contribution in [0.4, 0.5) is 83.2 Å². The number of carbonyl (C=O) groups excluding carboxylic acids is 5. The summed E-state index contributed by atoms with van der Waals surface area (Å²) in [6, 6.07) is 21.3. The number of alkyl halides is 9. The molecule has 0 aliphatic carbocycles. The molecule has 2 unspecified atom stereocenters. The largest absolute Gasteiger partial charge is 0.495 e. The Morgan fingerprint density at radius 2 is 0.936 bits per heavy atom. The standard InChI is InChI=1S/C29H30F4N6O5.C29H30F4N6O4.C27H24F3N5O3/c1-38-9-8-19(23(14-38)43-4)35-25(40)16-10-22(42-3)20(11-18(16)30)36-28-34-12-17(29(31,32)33)26(37-28)44-21-7-5-6-15-13-39(2)27(41)24(15)21;1-15-5-6-22(24-18(15)14-39(3)27(24)41)43-26-19(29(31,32)33)13-34-28(37-26)36-21-12-20(30)17(11-23(21)42-4)25(40)35-16-7-9-38(2)10-8-16;1-16(34(2)3)9-10-17-11-12-20(22(13-17)37-5)32-26-31-14-19(27(28,29)30)24(33-26)38-21-8-6-7-18-15-35(4)25(36)23(18)21/h5-7,10-12,19,23H,8-9,13-14H2,1-4H3,(H,35,40)(H,34,36,37);5-6,11-13,16H,7-10,14H2,1-4H3,(H,35,40)(H,34,36,37);6-8,11-14H,1,15H2,2-5H3,(H,31,32,33). The Hall–Kier alpha value is -13.7. The smallest absolute Gasteiger partial charge is 0.423 e. The van der Waals surface area contributed by atoms with Crippen molar-refractivity contribution in [1.29, 1.82) is 0 Å². The van der Waals surface area contributed by atoms with Gasteiger partial charge in [-0.15, -0.1) is 0 Å². The Labute approximate surface area is 709 Å². The number of halogens is 11. The van der Waals surface area contributed by atoms with Crippen LogP contribution < -0.4 is 55.0 Å². The molecule has 8 heterocycles. The number of amides is 5. The first-order valence-electron chi connectivity index (χ1n) is 38.4. The third kappa shape index (κ3) is 20.8. The van der Waals surface area contributed by atoms with Crippen molar-refractivity contribution < 1.29 is 105 Å². The summed E-state index contributed by atoms with van der Waals surface area (Å²) in [5, 5.41) is 13.8. The Morgan fingerprint density at radius 1 is 0.512 bits per heavy atom. The van der Waals surface area contributed by atoms with Gasteiger partial charge in [0.2, 0.25) is 35.5 Å². The number of nitrogens with one attached hydrogen (secondary N) is 5. The Bertz CT molecular complexity index is 5720. The Morgan fingerprint density at radius 3 is 1.38 bits per heavy atom. The van der Waals surface area contributed by atoms with Crippen LogP contribution >= 0.6 is 0 Å². The van der Waals surface area contributed by atoms with Crippen LogP contribution in [0.25, 0.3) is 0 Å². The lowest BCUT2D eigenvalue weighted by Gasteiger charge is -2.36. The maximum Gasteiger partial charge on any atom is 0.423 e. The Balaban J connectivity index is 0.000000171. The highest BCUT2D eigenvalue weighted by Crippen LogP contribution is 2.46. The van der Waals surface area contributed by atoms with Crippen molar-refractivity contribution in [2.24, 2.45) is 0 Å². The molecular weight excluding hydrogens is 1660 g/mol. The van der Waals surface area contributed by atoms with Crippen molar-refractivity contribution in [2.75, 3.05) is 120 Å². The van der Waals surface area contributed by atoms with Crippen molar-refractivity contribution in [3.8, 4) is 64.0 Å². The number of carbonyl (C=O) groups is 5. The number of rotatable bonds is 21. The maximum absolute atomic E-state index is 15.3. The van der Waals surface area contributed by atoms with E-state index in [0.29, 0.717) is 77.5 Å². The van der Waals surface area contributed by atoms with Crippen LogP contribution in [0.3, 0.4) is 0 Å². The number of aryl methyl sites for hydroxylation is 1. The fraction of sp³-hybridized carbons (Fsp3) is 0.329. The van der Waals surface area contributed by atoms with Crippen LogP contribution in [-0.4, -0.2) is 211 Å². The second-order valence-corrected chi connectivity index (χ2v) is 29.7. The van der Waals surface area contributed by atoms with Gasteiger partial charge >= 0.3 is 18.5 Å². The third-order valence-electron chi connectivity index (χ3n) is 20.8. The minimum atomic E-state index is -4.89. The van der Waals surface area contributed by atoms with Crippen LogP contribution in [-0.2, 0) is 42.9 Å². The summed E-state index contributed by atoms with van der Waals surface area (Å²) < 4.78 is 193. The van der Waals surface area contributed by atoms with Gasteiger partial charge in [-0.25, -0.2) is 23.7 Å². The molecule has 40 heteroatoms. The predicted octanol–water partition coefficient (Wildman–Crippen LogP) is 14.2. The monoisotopic (exact) mass is 1740 g/mol. The normalized spacial score (nSPS) is 15.8. The summed E-state index contributed by atoms with van der Waals surface area (Å²) in [6.07, 6.45) is -11.1. The summed E-state index contributed by atoms with van der Waals surface area (Å²) in [5.74, 6) is -1.52. The predicted molar refractivity (Wildman–Crippen MR) is 433 cm³/mol. The zero-order valence-corrected chi connectivity index (χ0v) is 69.3. The molecule has 6 aromatic carbocycles. The van der Waals surface area contributed by atoms with Gasteiger partial charge in [-0.1, -0.05) is 42.8 Å². The number of hydrogen-bond donors (Lipinski definition) is 5. The number of nitrogens with zero attached hydrogens (tertiary/aromatic N) is 12. The van der Waals surface area contributed by atoms with Crippen LogP contribution in [0.5, 0.6) is 52.1 Å². The van der Waals surface area contributed by atoms with Gasteiger partial charge in [-0.2, -0.15) is 54.5 Å². The second kappa shape index (κ2) is 37.6. The summed E-state index contributed by atoms with van der Waals surface area (Å²) >= 11 is 0. The van der Waals surface area contributed by atoms with E-state index < -0.39 is 88.1 Å². The van der Waals surface area contributed by atoms with Gasteiger partial charge in [0.25, 0.3) is 29.5 Å². The first-order chi connectivity index (χ1) is 59.2. The second-order valence-electron chi connectivity index (χ2n) is 29.7. The molecule has 9 aromatic rings. The highest BCUT2D eigenvalue weighted by Gasteiger charge is 2.42. The van der Waals surface area contributed by atoms with Crippen molar-refractivity contribution in [2.45, 2.75) is 82.5 Å². The fourth-order valence-electron chi connectivity index (χ4n) is 13.9. The quantitative estimate of drug-likeness (QED) is 0.0330. The maximum atomic E-state index is 15.3. The first-order valence-corrected chi connectivity index (χ1v) is 38.4. The topological polar surface area (TPSA) is 307 Å². The van der Waals surface area contributed by atoms with Crippen molar-refractivity contribution in [1.82, 2.24) is 69.9 Å². The van der Waals surface area contributed by atoms with Crippen LogP contribution in [0.2, 0.25) is 0 Å². The van der Waals surface area contributed by atoms with Crippen molar-refractivity contribution >= 4 is 64.4 Å². The van der Waals surface area contributed by atoms with Crippen molar-refractivity contribution in [3.05, 3.63) is 206 Å². The number of anilines is 6. The number of ether oxygens (including phenoxy) is 7. The van der Waals surface area contributed by atoms with Gasteiger partial charge in [0.1, 0.15) is 62.8 Å². The molecule has 5 aliphatic heterocycles. The van der Waals surface area contributed by atoms with Crippen LogP contribution in [0.15, 0.2) is 122 Å². The van der Waals surface area contributed by atoms with E-state index in [1.165, 1.54) is 73.5 Å². The van der Waals surface area contributed by atoms with Gasteiger partial charge in [-0.3, -0.25) is 24.0 Å². The van der Waals surface area contributed by atoms with E-state index in [1.807, 2.05) is 28.2 Å². The van der Waals surface area contributed by atoms with E-state index in [-0.39, 0.29) is 123 Å². The molecule has 125 heavy (non-hydrogen) atoms. The minimum Gasteiger partial charge on any atom is -0.495 e. The number of likely N-dealkylation sites (tertiary alicyclic amines) is 2. The number of hydrogen-bond acceptors (Lipinski definition) is 24. The summed E-state index contributed by atoms with van der Waals surface area (Å²) in [4.78, 5) is 97.1. The highest BCUT2D eigenvalue weighted by atomic mass is 19.4. The lowest BCUT2D eigenvalue weighted by molar-refractivity contribution is -0.140. The molecular formula is C85H84F11N17O12. The molecule has 5 aliphatic rings. The molecule has 658 valence electrons. The molecule has 2 fully saturated rings. The summed E-state index contributed by atoms with van der Waals surface area (Å²) in [5.41, 5.74) is 0.440. The molecule has 14 rings (SSSR count). The zero-order valence-electron chi connectivity index (χ0n) is 69.3. The number of benzene rings is 6. The zero-order chi connectivity index (χ0) is 90.4. The molecule has 5 N–H and O–H groups in total. The molecule has 2 atom stereocenters. The van der Waals surface area contributed by atoms with Crippen LogP contribution in [0.1, 0.15) is 116 Å². The van der Waals surface area contributed by atoms with Crippen molar-refractivity contribution in [3.63, 3.8) is 0 Å². The molecule has 29 nitrogen and oxygen atoms in total. The number of fused-ring (bicyclic) bond motifs is 3. The SMILES string of the molecule is C=C(C#Cc1ccc(Nc2ncc(C(F)(F)F)c(Oc3cccc4c3C(=O)N(C)C4)n2)c(OC)c1)N(C)C.COc1cc(C(=O)NC2CCN(C)CC2)c(F)cc1Nc1ncc(C(F)(F)F)c(Oc2ccc(C)c3c2C(=O)N(C)C3)n1.COc1cc(C(=O)NC2CCN(C)CC2OC)c(F)cc1Nc1ncc(C(F)(F)F)c(Oc2cccc3c2C(=O)N(C)C3)n1. The minimum absolute atomic E-state index is 0.00342.